The number of benzene rings is 1. The fraction of sp³-hybridized carbons (Fsp3) is 0.333. The number of rotatable bonds is 5. The van der Waals surface area contributed by atoms with E-state index in [9.17, 15) is 9.59 Å². The summed E-state index contributed by atoms with van der Waals surface area (Å²) < 4.78 is 0.840. The van der Waals surface area contributed by atoms with Crippen molar-refractivity contribution in [3.63, 3.8) is 0 Å². The lowest BCUT2D eigenvalue weighted by atomic mass is 10.2. The fourth-order valence-corrected chi connectivity index (χ4v) is 2.96. The second kappa shape index (κ2) is 8.75. The van der Waals surface area contributed by atoms with Gasteiger partial charge in [0.15, 0.2) is 0 Å². The fourth-order valence-electron chi connectivity index (χ4n) is 2.76. The molecule has 1 aromatic carbocycles. The van der Waals surface area contributed by atoms with Crippen LogP contribution in [-0.4, -0.2) is 59.4 Å². The van der Waals surface area contributed by atoms with E-state index in [2.05, 4.69) is 36.1 Å². The van der Waals surface area contributed by atoms with Gasteiger partial charge in [0.25, 0.3) is 5.91 Å². The predicted molar refractivity (Wildman–Crippen MR) is 102 cm³/mol. The maximum atomic E-state index is 12.3. The third-order valence-electron chi connectivity index (χ3n) is 4.18. The quantitative estimate of drug-likeness (QED) is 0.800. The number of halogens is 1. The molecular formula is C18H20BrN5O2. The number of hydrogen-bond acceptors (Lipinski definition) is 5. The number of carbonyl (C=O) groups is 2. The van der Waals surface area contributed by atoms with Crippen molar-refractivity contribution in [2.45, 2.75) is 6.42 Å². The number of anilines is 1. The minimum absolute atomic E-state index is 0.0507. The molecule has 1 N–H and O–H groups in total. The molecule has 26 heavy (non-hydrogen) atoms. The van der Waals surface area contributed by atoms with Crippen LogP contribution < -0.4 is 10.2 Å². The van der Waals surface area contributed by atoms with Gasteiger partial charge < -0.3 is 15.1 Å². The molecule has 136 valence electrons. The summed E-state index contributed by atoms with van der Waals surface area (Å²) in [6, 6.07) is 8.99. The SMILES string of the molecule is O=C(NCCC(=O)N1CCN(c2ncc(Br)cn2)CC1)c1ccccc1. The van der Waals surface area contributed by atoms with Gasteiger partial charge in [-0.15, -0.1) is 0 Å². The minimum atomic E-state index is -0.157. The highest BCUT2D eigenvalue weighted by atomic mass is 79.9. The van der Waals surface area contributed by atoms with Gasteiger partial charge in [-0.2, -0.15) is 0 Å². The first-order valence-corrected chi connectivity index (χ1v) is 9.26. The van der Waals surface area contributed by atoms with Crippen LogP contribution in [0.5, 0.6) is 0 Å². The van der Waals surface area contributed by atoms with Crippen LogP contribution in [0.15, 0.2) is 47.2 Å². The average Bonchev–Trinajstić information content (AvgIpc) is 2.69. The van der Waals surface area contributed by atoms with E-state index < -0.39 is 0 Å². The lowest BCUT2D eigenvalue weighted by molar-refractivity contribution is -0.131. The second-order valence-corrected chi connectivity index (χ2v) is 6.86. The molecule has 7 nitrogen and oxygen atoms in total. The molecule has 1 saturated heterocycles. The maximum absolute atomic E-state index is 12.3. The molecular weight excluding hydrogens is 398 g/mol. The molecule has 8 heteroatoms. The lowest BCUT2D eigenvalue weighted by Gasteiger charge is -2.34. The molecule has 3 rings (SSSR count). The van der Waals surface area contributed by atoms with Gasteiger partial charge >= 0.3 is 0 Å². The Hall–Kier alpha value is -2.48. The zero-order valence-electron chi connectivity index (χ0n) is 14.3. The summed E-state index contributed by atoms with van der Waals surface area (Å²) in [5.41, 5.74) is 0.600. The average molecular weight is 418 g/mol. The Labute approximate surface area is 160 Å². The monoisotopic (exact) mass is 417 g/mol. The number of amides is 2. The molecule has 0 spiro atoms. The third kappa shape index (κ3) is 4.78. The number of nitrogens with zero attached hydrogens (tertiary/aromatic N) is 4. The zero-order valence-corrected chi connectivity index (χ0v) is 15.9. The first-order valence-electron chi connectivity index (χ1n) is 8.47. The molecule has 0 radical (unpaired) electrons. The molecule has 2 heterocycles. The molecule has 1 fully saturated rings. The molecule has 0 saturated carbocycles. The van der Waals surface area contributed by atoms with Crippen LogP contribution >= 0.6 is 15.9 Å². The van der Waals surface area contributed by atoms with Gasteiger partial charge in [0, 0.05) is 57.1 Å². The Bertz CT molecular complexity index is 746. The first-order chi connectivity index (χ1) is 12.6. The second-order valence-electron chi connectivity index (χ2n) is 5.94. The molecule has 2 aromatic rings. The van der Waals surface area contributed by atoms with E-state index in [-0.39, 0.29) is 11.8 Å². The summed E-state index contributed by atoms with van der Waals surface area (Å²) in [6.07, 6.45) is 3.73. The predicted octanol–water partition coefficient (Wildman–Crippen LogP) is 1.71. The van der Waals surface area contributed by atoms with Gasteiger partial charge in [-0.3, -0.25) is 9.59 Å². The highest BCUT2D eigenvalue weighted by molar-refractivity contribution is 9.10. The molecule has 0 unspecified atom stereocenters. The summed E-state index contributed by atoms with van der Waals surface area (Å²) in [5.74, 6) is 0.570. The smallest absolute Gasteiger partial charge is 0.251 e. The van der Waals surface area contributed by atoms with Gasteiger partial charge in [-0.05, 0) is 28.1 Å². The Morgan fingerprint density at radius 2 is 1.69 bits per heavy atom. The number of piperazine rings is 1. The molecule has 2 amide bonds. The maximum Gasteiger partial charge on any atom is 0.251 e. The highest BCUT2D eigenvalue weighted by Gasteiger charge is 2.22. The number of carbonyl (C=O) groups excluding carboxylic acids is 2. The lowest BCUT2D eigenvalue weighted by Crippen LogP contribution is -2.49. The molecule has 0 bridgehead atoms. The third-order valence-corrected chi connectivity index (χ3v) is 4.59. The van der Waals surface area contributed by atoms with Gasteiger partial charge in [0.05, 0.1) is 4.47 Å². The van der Waals surface area contributed by atoms with Crippen molar-refractivity contribution in [1.82, 2.24) is 20.2 Å². The van der Waals surface area contributed by atoms with Crippen LogP contribution in [-0.2, 0) is 4.79 Å². The van der Waals surface area contributed by atoms with Gasteiger partial charge in [-0.1, -0.05) is 18.2 Å². The molecule has 1 aliphatic rings. The summed E-state index contributed by atoms with van der Waals surface area (Å²) in [6.45, 7) is 2.99. The number of aromatic nitrogens is 2. The zero-order chi connectivity index (χ0) is 18.4. The Morgan fingerprint density at radius 1 is 1.04 bits per heavy atom. The Morgan fingerprint density at radius 3 is 2.35 bits per heavy atom. The van der Waals surface area contributed by atoms with Crippen molar-refractivity contribution < 1.29 is 9.59 Å². The normalized spacial score (nSPS) is 14.2. The van der Waals surface area contributed by atoms with E-state index >= 15 is 0 Å². The molecule has 1 aromatic heterocycles. The van der Waals surface area contributed by atoms with Gasteiger partial charge in [-0.25, -0.2) is 9.97 Å². The van der Waals surface area contributed by atoms with Gasteiger partial charge in [0.1, 0.15) is 0 Å². The van der Waals surface area contributed by atoms with Crippen molar-refractivity contribution in [3.05, 3.63) is 52.8 Å². The van der Waals surface area contributed by atoms with Crippen LogP contribution in [0.4, 0.5) is 5.95 Å². The highest BCUT2D eigenvalue weighted by Crippen LogP contribution is 2.13. The minimum Gasteiger partial charge on any atom is -0.352 e. The summed E-state index contributed by atoms with van der Waals surface area (Å²) in [5, 5.41) is 2.79. The first kappa shape index (κ1) is 18.3. The van der Waals surface area contributed by atoms with Crippen LogP contribution in [0.25, 0.3) is 0 Å². The van der Waals surface area contributed by atoms with Crippen molar-refractivity contribution in [3.8, 4) is 0 Å². The van der Waals surface area contributed by atoms with E-state index in [4.69, 9.17) is 0 Å². The van der Waals surface area contributed by atoms with Crippen LogP contribution in [0.3, 0.4) is 0 Å². The molecule has 0 aliphatic carbocycles. The van der Waals surface area contributed by atoms with Crippen molar-refractivity contribution in [2.75, 3.05) is 37.6 Å². The largest absolute Gasteiger partial charge is 0.352 e. The van der Waals surface area contributed by atoms with Crippen LogP contribution in [0, 0.1) is 0 Å². The van der Waals surface area contributed by atoms with Crippen LogP contribution in [0.2, 0.25) is 0 Å². The van der Waals surface area contributed by atoms with E-state index in [1.165, 1.54) is 0 Å². The Balaban J connectivity index is 1.41. The summed E-state index contributed by atoms with van der Waals surface area (Å²) in [7, 11) is 0. The topological polar surface area (TPSA) is 78.4 Å². The van der Waals surface area contributed by atoms with Crippen molar-refractivity contribution in [1.29, 1.82) is 0 Å². The van der Waals surface area contributed by atoms with E-state index in [0.717, 1.165) is 4.47 Å². The summed E-state index contributed by atoms with van der Waals surface area (Å²) >= 11 is 3.32. The molecule has 0 atom stereocenters. The van der Waals surface area contributed by atoms with E-state index in [1.54, 1.807) is 24.5 Å². The standard InChI is InChI=1S/C18H20BrN5O2/c19-15-12-21-18(22-13-15)24-10-8-23(9-11-24)16(25)6-7-20-17(26)14-4-2-1-3-5-14/h1-5,12-13H,6-11H2,(H,20,26). The van der Waals surface area contributed by atoms with E-state index in [1.807, 2.05) is 23.1 Å². The van der Waals surface area contributed by atoms with Crippen molar-refractivity contribution >= 4 is 33.7 Å². The molecule has 1 aliphatic heterocycles. The van der Waals surface area contributed by atoms with Gasteiger partial charge in [0.2, 0.25) is 11.9 Å². The number of hydrogen-bond donors (Lipinski definition) is 1. The van der Waals surface area contributed by atoms with Crippen LogP contribution in [0.1, 0.15) is 16.8 Å². The van der Waals surface area contributed by atoms with Crippen molar-refractivity contribution in [2.24, 2.45) is 0 Å². The Kier molecular flexibility index (Phi) is 6.17. The number of nitrogens with one attached hydrogen (secondary N) is 1. The van der Waals surface area contributed by atoms with E-state index in [0.29, 0.717) is 50.7 Å². The summed E-state index contributed by atoms with van der Waals surface area (Å²) in [4.78, 5) is 36.7.